The first-order valence-electron chi connectivity index (χ1n) is 15.9. The van der Waals surface area contributed by atoms with Gasteiger partial charge in [-0.3, -0.25) is 13.9 Å². The molecule has 4 aromatic carbocycles. The van der Waals surface area contributed by atoms with Crippen molar-refractivity contribution in [3.63, 3.8) is 0 Å². The van der Waals surface area contributed by atoms with Gasteiger partial charge in [-0.25, -0.2) is 12.8 Å². The maximum Gasteiger partial charge on any atom is 0.264 e. The molecule has 0 spiro atoms. The van der Waals surface area contributed by atoms with E-state index in [0.717, 1.165) is 47.5 Å². The molecule has 1 saturated carbocycles. The molecule has 1 fully saturated rings. The van der Waals surface area contributed by atoms with Crippen LogP contribution < -0.4 is 9.62 Å². The molecule has 1 atom stereocenters. The van der Waals surface area contributed by atoms with Crippen molar-refractivity contribution in [1.29, 1.82) is 0 Å². The van der Waals surface area contributed by atoms with E-state index in [-0.39, 0.29) is 45.5 Å². The second kappa shape index (κ2) is 16.0. The maximum absolute atomic E-state index is 14.6. The number of hydrogen-bond acceptors (Lipinski definition) is 4. The average Bonchev–Trinajstić information content (AvgIpc) is 3.08. The minimum Gasteiger partial charge on any atom is -0.352 e. The Kier molecular flexibility index (Phi) is 11.8. The van der Waals surface area contributed by atoms with Crippen LogP contribution in [-0.4, -0.2) is 43.8 Å². The molecule has 1 N–H and O–H groups in total. The van der Waals surface area contributed by atoms with Crippen LogP contribution in [-0.2, 0) is 32.6 Å². The van der Waals surface area contributed by atoms with E-state index in [1.54, 1.807) is 30.3 Å². The molecule has 0 bridgehead atoms. The number of hydrogen-bond donors (Lipinski definition) is 1. The van der Waals surface area contributed by atoms with E-state index in [4.69, 9.17) is 23.2 Å². The molecule has 0 aliphatic heterocycles. The Morgan fingerprint density at radius 1 is 0.854 bits per heavy atom. The van der Waals surface area contributed by atoms with Crippen molar-refractivity contribution in [2.75, 3.05) is 10.8 Å². The number of nitrogens with zero attached hydrogens (tertiary/aromatic N) is 2. The number of rotatable bonds is 12. The molecular formula is C37H38Cl2FN3O4S. The largest absolute Gasteiger partial charge is 0.352 e. The lowest BCUT2D eigenvalue weighted by molar-refractivity contribution is -0.140. The maximum atomic E-state index is 14.6. The van der Waals surface area contributed by atoms with E-state index >= 15 is 0 Å². The van der Waals surface area contributed by atoms with Gasteiger partial charge in [0, 0.05) is 19.0 Å². The number of benzene rings is 4. The molecule has 1 unspecified atom stereocenters. The smallest absolute Gasteiger partial charge is 0.264 e. The predicted octanol–water partition coefficient (Wildman–Crippen LogP) is 7.73. The molecule has 7 nitrogen and oxygen atoms in total. The van der Waals surface area contributed by atoms with Gasteiger partial charge in [0.2, 0.25) is 11.8 Å². The standard InChI is InChI=1S/C37H38Cl2FN3O4S/c1-26-15-21-31(22-16-26)48(46,47)43(33-14-8-13-32(38)36(33)39)25-35(44)42(24-28-17-19-29(40)20-18-28)34(23-27-9-4-2-5-10-27)37(45)41-30-11-6-3-7-12-30/h2,4-5,8-10,13-22,30,34H,3,6-7,11-12,23-25H2,1H3,(H,41,45). The number of carbonyl (C=O) groups is 2. The zero-order valence-corrected chi connectivity index (χ0v) is 28.9. The fourth-order valence-electron chi connectivity index (χ4n) is 5.92. The van der Waals surface area contributed by atoms with Crippen LogP contribution in [0.5, 0.6) is 0 Å². The van der Waals surface area contributed by atoms with E-state index in [2.05, 4.69) is 5.32 Å². The number of nitrogens with one attached hydrogen (secondary N) is 1. The third-order valence-corrected chi connectivity index (χ3v) is 11.2. The zero-order valence-electron chi connectivity index (χ0n) is 26.6. The van der Waals surface area contributed by atoms with Crippen LogP contribution in [0.25, 0.3) is 0 Å². The lowest BCUT2D eigenvalue weighted by Gasteiger charge is -2.35. The minimum atomic E-state index is -4.35. The summed E-state index contributed by atoms with van der Waals surface area (Å²) in [6.45, 7) is 1.08. The highest BCUT2D eigenvalue weighted by molar-refractivity contribution is 7.92. The summed E-state index contributed by atoms with van der Waals surface area (Å²) in [7, 11) is -4.35. The van der Waals surface area contributed by atoms with Crippen LogP contribution in [0.15, 0.2) is 102 Å². The van der Waals surface area contributed by atoms with Crippen LogP contribution in [0.1, 0.15) is 48.8 Å². The van der Waals surface area contributed by atoms with E-state index < -0.39 is 34.3 Å². The highest BCUT2D eigenvalue weighted by Gasteiger charge is 2.36. The van der Waals surface area contributed by atoms with Crippen molar-refractivity contribution < 1.29 is 22.4 Å². The Bertz CT molecular complexity index is 1820. The molecule has 1 aliphatic carbocycles. The number of halogens is 3. The fourth-order valence-corrected chi connectivity index (χ4v) is 7.79. The van der Waals surface area contributed by atoms with Crippen LogP contribution in [0.2, 0.25) is 10.0 Å². The third-order valence-electron chi connectivity index (χ3n) is 8.58. The Morgan fingerprint density at radius 2 is 1.52 bits per heavy atom. The van der Waals surface area contributed by atoms with E-state index in [1.807, 2.05) is 37.3 Å². The summed E-state index contributed by atoms with van der Waals surface area (Å²) in [5.74, 6) is -1.43. The van der Waals surface area contributed by atoms with Gasteiger partial charge in [0.05, 0.1) is 20.6 Å². The molecule has 2 amide bonds. The molecule has 48 heavy (non-hydrogen) atoms. The van der Waals surface area contributed by atoms with Gasteiger partial charge in [-0.2, -0.15) is 0 Å². The van der Waals surface area contributed by atoms with Crippen molar-refractivity contribution in [3.8, 4) is 0 Å². The SMILES string of the molecule is Cc1ccc(S(=O)(=O)N(CC(=O)N(Cc2ccc(F)cc2)C(Cc2ccccc2)C(=O)NC2CCCCC2)c2cccc(Cl)c2Cl)cc1. The summed E-state index contributed by atoms with van der Waals surface area (Å²) in [5, 5.41) is 3.24. The normalized spacial score (nSPS) is 14.2. The number of carbonyl (C=O) groups excluding carboxylic acids is 2. The Hall–Kier alpha value is -3.92. The summed E-state index contributed by atoms with van der Waals surface area (Å²) < 4.78 is 43.4. The van der Waals surface area contributed by atoms with Crippen molar-refractivity contribution in [2.45, 2.75) is 69.0 Å². The highest BCUT2D eigenvalue weighted by Crippen LogP contribution is 2.36. The van der Waals surface area contributed by atoms with Gasteiger partial charge < -0.3 is 10.2 Å². The number of amides is 2. The molecule has 0 aromatic heterocycles. The topological polar surface area (TPSA) is 86.8 Å². The van der Waals surface area contributed by atoms with Gasteiger partial charge in [0.15, 0.2) is 0 Å². The van der Waals surface area contributed by atoms with Gasteiger partial charge in [-0.1, -0.05) is 109 Å². The molecule has 1 aliphatic rings. The van der Waals surface area contributed by atoms with Gasteiger partial charge in [0.1, 0.15) is 18.4 Å². The molecule has 0 heterocycles. The summed E-state index contributed by atoms with van der Waals surface area (Å²) in [5.41, 5.74) is 2.27. The van der Waals surface area contributed by atoms with Crippen molar-refractivity contribution in [1.82, 2.24) is 10.2 Å². The summed E-state index contributed by atoms with van der Waals surface area (Å²) in [6.07, 6.45) is 4.95. The molecule has 0 radical (unpaired) electrons. The summed E-state index contributed by atoms with van der Waals surface area (Å²) in [4.78, 5) is 30.2. The van der Waals surface area contributed by atoms with E-state index in [1.165, 1.54) is 41.3 Å². The van der Waals surface area contributed by atoms with Crippen LogP contribution in [0.4, 0.5) is 10.1 Å². The summed E-state index contributed by atoms with van der Waals surface area (Å²) in [6, 6.07) is 24.8. The van der Waals surface area contributed by atoms with E-state index in [0.29, 0.717) is 5.56 Å². The average molecular weight is 711 g/mol. The fraction of sp³-hybridized carbons (Fsp3) is 0.297. The van der Waals surface area contributed by atoms with E-state index in [9.17, 15) is 22.4 Å². The number of aryl methyl sites for hydroxylation is 1. The second-order valence-electron chi connectivity index (χ2n) is 12.1. The molecule has 11 heteroatoms. The van der Waals surface area contributed by atoms with Crippen LogP contribution >= 0.6 is 23.2 Å². The van der Waals surface area contributed by atoms with Crippen molar-refractivity contribution >= 4 is 50.7 Å². The summed E-state index contributed by atoms with van der Waals surface area (Å²) >= 11 is 12.9. The zero-order chi connectivity index (χ0) is 34.3. The minimum absolute atomic E-state index is 0.0195. The van der Waals surface area contributed by atoms with Crippen molar-refractivity contribution in [2.24, 2.45) is 0 Å². The quantitative estimate of drug-likeness (QED) is 0.163. The molecule has 4 aromatic rings. The second-order valence-corrected chi connectivity index (χ2v) is 14.7. The van der Waals surface area contributed by atoms with Crippen molar-refractivity contribution in [3.05, 3.63) is 130 Å². The first-order chi connectivity index (χ1) is 23.0. The number of anilines is 1. The van der Waals surface area contributed by atoms with Crippen LogP contribution in [0, 0.1) is 12.7 Å². The van der Waals surface area contributed by atoms with Gasteiger partial charge in [0.25, 0.3) is 10.0 Å². The predicted molar refractivity (Wildman–Crippen MR) is 188 cm³/mol. The lowest BCUT2D eigenvalue weighted by Crippen LogP contribution is -2.55. The first kappa shape index (κ1) is 35.4. The Labute approximate surface area is 291 Å². The molecule has 5 rings (SSSR count). The lowest BCUT2D eigenvalue weighted by atomic mass is 9.94. The monoisotopic (exact) mass is 709 g/mol. The van der Waals surface area contributed by atoms with Gasteiger partial charge >= 0.3 is 0 Å². The number of sulfonamides is 1. The molecular weight excluding hydrogens is 672 g/mol. The first-order valence-corrected chi connectivity index (χ1v) is 18.1. The van der Waals surface area contributed by atoms with Crippen LogP contribution in [0.3, 0.4) is 0 Å². The highest BCUT2D eigenvalue weighted by atomic mass is 35.5. The Morgan fingerprint density at radius 3 is 2.19 bits per heavy atom. The molecule has 252 valence electrons. The molecule has 0 saturated heterocycles. The van der Waals surface area contributed by atoms with Gasteiger partial charge in [-0.15, -0.1) is 0 Å². The Balaban J connectivity index is 1.58. The van der Waals surface area contributed by atoms with Gasteiger partial charge in [-0.05, 0) is 67.3 Å². The third kappa shape index (κ3) is 8.75.